The van der Waals surface area contributed by atoms with Gasteiger partial charge in [0.05, 0.1) is 29.4 Å². The number of thiophene rings is 1. The molecule has 3 fully saturated rings. The average molecular weight is 548 g/mol. The molecule has 0 radical (unpaired) electrons. The van der Waals surface area contributed by atoms with Crippen molar-refractivity contribution < 1.29 is 19.0 Å². The van der Waals surface area contributed by atoms with Crippen molar-refractivity contribution >= 4 is 28.6 Å². The summed E-state index contributed by atoms with van der Waals surface area (Å²) in [4.78, 5) is 20.4. The first kappa shape index (κ1) is 25.2. The van der Waals surface area contributed by atoms with E-state index in [2.05, 4.69) is 17.0 Å². The standard InChI is InChI=1S/C31H34FN3O3S/c32-27-14-23(7-8-28(27)34-9-11-38-12-10-34)35(30(36)29-6-3-13-39-29)19-26-24-17-33(18-25(24)26)20-31(37)15-21-4-1-2-5-22(21)16-31/h1-8,13-14,24-26,37H,9-12,15-20H2. The summed E-state index contributed by atoms with van der Waals surface area (Å²) in [6.45, 7) is 5.68. The van der Waals surface area contributed by atoms with Crippen LogP contribution in [0.15, 0.2) is 60.0 Å². The average Bonchev–Trinajstić information content (AvgIpc) is 3.39. The molecule has 7 rings (SSSR count). The van der Waals surface area contributed by atoms with Crippen LogP contribution in [-0.2, 0) is 17.6 Å². The van der Waals surface area contributed by atoms with Gasteiger partial charge in [-0.15, -0.1) is 11.3 Å². The molecule has 2 saturated heterocycles. The van der Waals surface area contributed by atoms with Gasteiger partial charge in [0.1, 0.15) is 5.82 Å². The van der Waals surface area contributed by atoms with Crippen molar-refractivity contribution in [1.29, 1.82) is 0 Å². The van der Waals surface area contributed by atoms with Crippen LogP contribution in [0.3, 0.4) is 0 Å². The van der Waals surface area contributed by atoms with E-state index in [0.29, 0.717) is 86.2 Å². The third kappa shape index (κ3) is 4.88. The van der Waals surface area contributed by atoms with Gasteiger partial charge >= 0.3 is 0 Å². The summed E-state index contributed by atoms with van der Waals surface area (Å²) in [6, 6.07) is 17.3. The number of carbonyl (C=O) groups excluding carboxylic acids is 1. The first-order valence-electron chi connectivity index (χ1n) is 14.0. The van der Waals surface area contributed by atoms with Crippen LogP contribution in [0, 0.1) is 23.6 Å². The summed E-state index contributed by atoms with van der Waals surface area (Å²) in [6.07, 6.45) is 1.43. The number of hydrogen-bond donors (Lipinski definition) is 1. The number of nitrogens with zero attached hydrogens (tertiary/aromatic N) is 3. The molecule has 6 nitrogen and oxygen atoms in total. The van der Waals surface area contributed by atoms with E-state index in [1.54, 1.807) is 11.0 Å². The summed E-state index contributed by atoms with van der Waals surface area (Å²) < 4.78 is 20.7. The smallest absolute Gasteiger partial charge is 0.268 e. The van der Waals surface area contributed by atoms with Crippen LogP contribution in [-0.4, -0.2) is 74.0 Å². The molecule has 8 heteroatoms. The number of fused-ring (bicyclic) bond motifs is 2. The monoisotopic (exact) mass is 547 g/mol. The highest BCUT2D eigenvalue weighted by molar-refractivity contribution is 7.12. The Balaban J connectivity index is 1.03. The van der Waals surface area contributed by atoms with Crippen molar-refractivity contribution in [3.8, 4) is 0 Å². The molecule has 3 heterocycles. The number of halogens is 1. The van der Waals surface area contributed by atoms with Crippen molar-refractivity contribution in [2.75, 3.05) is 62.3 Å². The topological polar surface area (TPSA) is 56.2 Å². The second kappa shape index (κ2) is 10.0. The van der Waals surface area contributed by atoms with E-state index in [-0.39, 0.29) is 11.7 Å². The fourth-order valence-corrected chi connectivity index (χ4v) is 7.78. The van der Waals surface area contributed by atoms with Crippen molar-refractivity contribution in [3.05, 3.63) is 81.8 Å². The van der Waals surface area contributed by atoms with Gasteiger partial charge in [-0.25, -0.2) is 4.39 Å². The van der Waals surface area contributed by atoms with E-state index in [1.165, 1.54) is 28.5 Å². The third-order valence-electron chi connectivity index (χ3n) is 9.09. The second-order valence-corrected chi connectivity index (χ2v) is 12.6. The molecule has 1 N–H and O–H groups in total. The molecule has 39 heavy (non-hydrogen) atoms. The number of morpholine rings is 1. The highest BCUT2D eigenvalue weighted by Gasteiger charge is 2.57. The minimum atomic E-state index is -0.698. The fraction of sp³-hybridized carbons (Fsp3) is 0.452. The number of likely N-dealkylation sites (tertiary alicyclic amines) is 1. The van der Waals surface area contributed by atoms with Gasteiger partial charge in [0, 0.05) is 57.8 Å². The van der Waals surface area contributed by atoms with Crippen LogP contribution in [0.1, 0.15) is 20.8 Å². The second-order valence-electron chi connectivity index (χ2n) is 11.7. The zero-order chi connectivity index (χ0) is 26.6. The lowest BCUT2D eigenvalue weighted by Crippen LogP contribution is -2.44. The van der Waals surface area contributed by atoms with Crippen LogP contribution in [0.5, 0.6) is 0 Å². The molecule has 2 aliphatic carbocycles. The molecule has 2 atom stereocenters. The molecule has 1 aromatic heterocycles. The Morgan fingerprint density at radius 2 is 1.77 bits per heavy atom. The Bertz CT molecular complexity index is 1320. The van der Waals surface area contributed by atoms with Crippen molar-refractivity contribution in [2.45, 2.75) is 18.4 Å². The molecule has 0 bridgehead atoms. The number of amides is 1. The summed E-state index contributed by atoms with van der Waals surface area (Å²) >= 11 is 1.42. The molecule has 204 valence electrons. The van der Waals surface area contributed by atoms with Gasteiger partial charge in [0.15, 0.2) is 0 Å². The van der Waals surface area contributed by atoms with Crippen molar-refractivity contribution in [3.63, 3.8) is 0 Å². The normalized spacial score (nSPS) is 25.4. The SMILES string of the molecule is O=C(c1cccs1)N(CC1C2CN(CC3(O)Cc4ccccc4C3)CC21)c1ccc(N2CCOCC2)c(F)c1. The predicted octanol–water partition coefficient (Wildman–Crippen LogP) is 4.08. The Labute approximate surface area is 232 Å². The Hall–Kier alpha value is -2.78. The summed E-state index contributed by atoms with van der Waals surface area (Å²) in [7, 11) is 0. The van der Waals surface area contributed by atoms with Crippen molar-refractivity contribution in [1.82, 2.24) is 4.90 Å². The van der Waals surface area contributed by atoms with Gasteiger partial charge in [-0.05, 0) is 58.5 Å². The number of hydrogen-bond acceptors (Lipinski definition) is 6. The molecule has 2 aromatic carbocycles. The maximum atomic E-state index is 15.3. The third-order valence-corrected chi connectivity index (χ3v) is 9.95. The Morgan fingerprint density at radius 1 is 1.05 bits per heavy atom. The molecule has 4 aliphatic rings. The number of ether oxygens (including phenoxy) is 1. The summed E-state index contributed by atoms with van der Waals surface area (Å²) in [5.74, 6) is 1.04. The summed E-state index contributed by atoms with van der Waals surface area (Å²) in [5, 5.41) is 13.2. The maximum Gasteiger partial charge on any atom is 0.268 e. The first-order valence-corrected chi connectivity index (χ1v) is 14.8. The van der Waals surface area contributed by atoms with Crippen molar-refractivity contribution in [2.24, 2.45) is 17.8 Å². The molecular formula is C31H34FN3O3S. The van der Waals surface area contributed by atoms with Gasteiger partial charge in [0.25, 0.3) is 5.91 Å². The van der Waals surface area contributed by atoms with Crippen LogP contribution in [0.4, 0.5) is 15.8 Å². The fourth-order valence-electron chi connectivity index (χ4n) is 7.11. The molecule has 1 amide bonds. The number of rotatable bonds is 7. The summed E-state index contributed by atoms with van der Waals surface area (Å²) in [5.41, 5.74) is 3.00. The zero-order valence-electron chi connectivity index (χ0n) is 22.0. The van der Waals surface area contributed by atoms with E-state index in [4.69, 9.17) is 4.74 Å². The first-order chi connectivity index (χ1) is 19.0. The highest BCUT2D eigenvalue weighted by Crippen LogP contribution is 2.53. The Kier molecular flexibility index (Phi) is 6.46. The van der Waals surface area contributed by atoms with Crippen LogP contribution < -0.4 is 9.80 Å². The van der Waals surface area contributed by atoms with Gasteiger partial charge in [0.2, 0.25) is 0 Å². The Morgan fingerprint density at radius 3 is 2.41 bits per heavy atom. The number of piperidine rings is 1. The quantitative estimate of drug-likeness (QED) is 0.483. The lowest BCUT2D eigenvalue weighted by Gasteiger charge is -2.31. The predicted molar refractivity (Wildman–Crippen MR) is 151 cm³/mol. The van der Waals surface area contributed by atoms with E-state index >= 15 is 4.39 Å². The number of benzene rings is 2. The molecule has 3 aromatic rings. The van der Waals surface area contributed by atoms with E-state index in [0.717, 1.165) is 13.1 Å². The number of anilines is 2. The van der Waals surface area contributed by atoms with E-state index < -0.39 is 5.60 Å². The molecular weight excluding hydrogens is 513 g/mol. The minimum Gasteiger partial charge on any atom is -0.388 e. The molecule has 2 aliphatic heterocycles. The molecule has 2 unspecified atom stereocenters. The highest BCUT2D eigenvalue weighted by atomic mass is 32.1. The minimum absolute atomic E-state index is 0.0663. The van der Waals surface area contributed by atoms with Crippen LogP contribution >= 0.6 is 11.3 Å². The van der Waals surface area contributed by atoms with Crippen LogP contribution in [0.2, 0.25) is 0 Å². The van der Waals surface area contributed by atoms with Gasteiger partial charge in [-0.2, -0.15) is 0 Å². The molecule has 1 saturated carbocycles. The largest absolute Gasteiger partial charge is 0.388 e. The lowest BCUT2D eigenvalue weighted by atomic mass is 9.99. The molecule has 0 spiro atoms. The van der Waals surface area contributed by atoms with Gasteiger partial charge in [-0.3, -0.25) is 9.69 Å². The lowest BCUT2D eigenvalue weighted by molar-refractivity contribution is 0.0147. The van der Waals surface area contributed by atoms with E-state index in [1.807, 2.05) is 40.6 Å². The maximum absolute atomic E-state index is 15.3. The van der Waals surface area contributed by atoms with E-state index in [9.17, 15) is 9.90 Å². The van der Waals surface area contributed by atoms with Gasteiger partial charge in [-0.1, -0.05) is 30.3 Å². The zero-order valence-corrected chi connectivity index (χ0v) is 22.8. The number of carbonyl (C=O) groups is 1. The van der Waals surface area contributed by atoms with Crippen LogP contribution in [0.25, 0.3) is 0 Å². The number of β-amino-alcohol motifs (C(OH)–C–C–N with tert-alkyl or cyclic N) is 1. The number of aliphatic hydroxyl groups is 1. The van der Waals surface area contributed by atoms with Gasteiger partial charge < -0.3 is 19.6 Å².